The number of fused-ring (bicyclic) bond motifs is 1. The molecular weight excluding hydrogens is 1040 g/mol. The van der Waals surface area contributed by atoms with Crippen LogP contribution in [0.25, 0.3) is 11.3 Å². The van der Waals surface area contributed by atoms with E-state index in [1.54, 1.807) is 61.5 Å². The maximum atomic E-state index is 15.6. The number of ether oxygens (including phenoxy) is 2. The molecule has 20 heteroatoms. The largest absolute Gasteiger partial charge is 0.465 e. The summed E-state index contributed by atoms with van der Waals surface area (Å²) in [6.45, 7) is -0.187. The van der Waals surface area contributed by atoms with Crippen LogP contribution in [0.3, 0.4) is 0 Å². The summed E-state index contributed by atoms with van der Waals surface area (Å²) < 4.78 is 14.1. The van der Waals surface area contributed by atoms with E-state index in [-0.39, 0.29) is 69.4 Å². The van der Waals surface area contributed by atoms with E-state index in [1.807, 2.05) is 91.4 Å². The molecule has 1 saturated carbocycles. The highest BCUT2D eigenvalue weighted by molar-refractivity contribution is 6.31. The van der Waals surface area contributed by atoms with E-state index in [1.165, 1.54) is 16.9 Å². The molecule has 1 saturated heterocycles. The van der Waals surface area contributed by atoms with Gasteiger partial charge < -0.3 is 54.7 Å². The standard InChI is InChI=1S/C58H71Cl2N9O9/c1-65(2)35-52-62-33-50(67(52)4)39-19-24-45(25-20-39)78-51-31-43(60)23-18-40(51)34-69-49(26-27-61-58(75)76)55(72)64-47(36-77-6)57(74)66(3)44(29-38-16-21-42(59)22-17-38)32-53(70)63-46-14-10-11-15-48(46)68(5)56(73)41(30-54(69)71)28-37-12-8-7-9-13-37/h7-9,12-13,16-25,31,33,41,44,46-49,61H,10-11,14-15,26-30,32,34-36H2,1-6H3,(H,63,70)(H,64,72)(H,75,76)/t41-,44+,46+,47+,48+,49+/m1/s1. The number of rotatable bonds is 16. The Hall–Kier alpha value is -6.99. The zero-order valence-electron chi connectivity index (χ0n) is 45.1. The van der Waals surface area contributed by atoms with Crippen LogP contribution < -0.4 is 20.7 Å². The highest BCUT2D eigenvalue weighted by Gasteiger charge is 2.40. The summed E-state index contributed by atoms with van der Waals surface area (Å²) in [5.74, 6) is -1.96. The maximum absolute atomic E-state index is 15.6. The van der Waals surface area contributed by atoms with E-state index in [0.717, 1.165) is 41.1 Å². The number of imidazole rings is 1. The molecule has 1 aromatic heterocycles. The monoisotopic (exact) mass is 1110 g/mol. The molecule has 0 bridgehead atoms. The van der Waals surface area contributed by atoms with E-state index in [4.69, 9.17) is 32.7 Å². The summed E-state index contributed by atoms with van der Waals surface area (Å²) in [5.41, 5.74) is 3.83. The molecule has 78 heavy (non-hydrogen) atoms. The van der Waals surface area contributed by atoms with Gasteiger partial charge in [-0.1, -0.05) is 84.6 Å². The Morgan fingerprint density at radius 1 is 0.821 bits per heavy atom. The number of aromatic nitrogens is 2. The van der Waals surface area contributed by atoms with Gasteiger partial charge in [-0.2, -0.15) is 0 Å². The first-order valence-electron chi connectivity index (χ1n) is 26.3. The van der Waals surface area contributed by atoms with Gasteiger partial charge in [0.25, 0.3) is 0 Å². The number of carboxylic acid groups (broad SMARTS) is 1. The summed E-state index contributed by atoms with van der Waals surface area (Å²) in [4.78, 5) is 98.2. The molecule has 2 fully saturated rings. The number of amides is 6. The van der Waals surface area contributed by atoms with Crippen LogP contribution in [0.1, 0.15) is 67.5 Å². The molecule has 1 aliphatic carbocycles. The minimum Gasteiger partial charge on any atom is -0.465 e. The van der Waals surface area contributed by atoms with Crippen molar-refractivity contribution in [3.8, 4) is 22.8 Å². The van der Waals surface area contributed by atoms with Crippen LogP contribution in [-0.4, -0.2) is 149 Å². The van der Waals surface area contributed by atoms with Gasteiger partial charge in [-0.15, -0.1) is 0 Å². The van der Waals surface area contributed by atoms with Crippen LogP contribution in [0.5, 0.6) is 11.5 Å². The van der Waals surface area contributed by atoms with E-state index >= 15 is 14.4 Å². The zero-order valence-corrected chi connectivity index (χ0v) is 46.6. The molecule has 5 aromatic rings. The first kappa shape index (κ1) is 58.7. The van der Waals surface area contributed by atoms with Crippen molar-refractivity contribution in [3.63, 3.8) is 0 Å². The van der Waals surface area contributed by atoms with Crippen molar-refractivity contribution in [2.45, 2.75) is 101 Å². The minimum absolute atomic E-state index is 0.111. The fourth-order valence-corrected chi connectivity index (χ4v) is 10.7. The first-order chi connectivity index (χ1) is 37.4. The fraction of sp³-hybridized carbons (Fsp3) is 0.431. The van der Waals surface area contributed by atoms with Crippen LogP contribution in [0.4, 0.5) is 4.79 Å². The maximum Gasteiger partial charge on any atom is 0.404 e. The molecule has 4 aromatic carbocycles. The third-order valence-electron chi connectivity index (χ3n) is 14.6. The van der Waals surface area contributed by atoms with Crippen molar-refractivity contribution in [2.75, 3.05) is 48.5 Å². The Labute approximate surface area is 466 Å². The topological polar surface area (TPSA) is 208 Å². The lowest BCUT2D eigenvalue weighted by molar-refractivity contribution is -0.148. The highest BCUT2D eigenvalue weighted by Crippen LogP contribution is 2.34. The highest BCUT2D eigenvalue weighted by atomic mass is 35.5. The quantitative estimate of drug-likeness (QED) is 0.0769. The van der Waals surface area contributed by atoms with Crippen LogP contribution in [-0.2, 0) is 61.7 Å². The second-order valence-corrected chi connectivity index (χ2v) is 21.4. The fourth-order valence-electron chi connectivity index (χ4n) is 10.4. The summed E-state index contributed by atoms with van der Waals surface area (Å²) in [6.07, 6.45) is 2.97. The SMILES string of the molecule is COC[C@@H]1NC(=O)[C@H](CCNC(=O)O)N(Cc2ccc(Cl)cc2Oc2ccc(-c3cnc(CN(C)C)n3C)cc2)C(=O)C[C@@H](Cc2ccccc2)C(=O)N(C)[C@H]2CCCC[C@@H]2NC(=O)C[C@H](Cc2ccc(Cl)cc2)N(C)C1=O. The average Bonchev–Trinajstić information content (AvgIpc) is 3.77. The number of nitrogens with zero attached hydrogens (tertiary/aromatic N) is 6. The van der Waals surface area contributed by atoms with Crippen molar-refractivity contribution < 1.29 is 43.3 Å². The lowest BCUT2D eigenvalue weighted by Gasteiger charge is -2.40. The van der Waals surface area contributed by atoms with Crippen molar-refractivity contribution >= 4 is 58.8 Å². The number of benzene rings is 4. The molecule has 2 aliphatic rings. The van der Waals surface area contributed by atoms with Gasteiger partial charge in [0, 0.05) is 80.9 Å². The summed E-state index contributed by atoms with van der Waals surface area (Å²) in [5, 5.41) is 19.0. The number of hydrogen-bond acceptors (Lipinski definition) is 10. The first-order valence-corrected chi connectivity index (χ1v) is 27.0. The Balaban J connectivity index is 1.31. The number of hydrogen-bond donors (Lipinski definition) is 4. The average molecular weight is 1110 g/mol. The van der Waals surface area contributed by atoms with Crippen LogP contribution in [0.15, 0.2) is 103 Å². The summed E-state index contributed by atoms with van der Waals surface area (Å²) in [6, 6.07) is 24.4. The number of likely N-dealkylation sites (N-methyl/N-ethyl adjacent to an activating group) is 2. The Morgan fingerprint density at radius 2 is 1.51 bits per heavy atom. The van der Waals surface area contributed by atoms with Gasteiger partial charge in [0.2, 0.25) is 29.5 Å². The smallest absolute Gasteiger partial charge is 0.404 e. The summed E-state index contributed by atoms with van der Waals surface area (Å²) >= 11 is 12.9. The van der Waals surface area contributed by atoms with Crippen LogP contribution in [0.2, 0.25) is 10.0 Å². The summed E-state index contributed by atoms with van der Waals surface area (Å²) in [7, 11) is 10.6. The van der Waals surface area contributed by atoms with Crippen molar-refractivity contribution in [1.29, 1.82) is 0 Å². The zero-order chi connectivity index (χ0) is 56.0. The molecule has 6 atom stereocenters. The van der Waals surface area contributed by atoms with Crippen LogP contribution >= 0.6 is 23.2 Å². The van der Waals surface area contributed by atoms with Gasteiger partial charge in [-0.3, -0.25) is 24.0 Å². The van der Waals surface area contributed by atoms with Crippen molar-refractivity contribution in [2.24, 2.45) is 13.0 Å². The van der Waals surface area contributed by atoms with Gasteiger partial charge in [0.15, 0.2) is 0 Å². The van der Waals surface area contributed by atoms with Gasteiger partial charge in [0.1, 0.15) is 29.4 Å². The predicted molar refractivity (Wildman–Crippen MR) is 298 cm³/mol. The Bertz CT molecular complexity index is 2870. The third-order valence-corrected chi connectivity index (χ3v) is 15.1. The third kappa shape index (κ3) is 15.6. The molecule has 0 unspecified atom stereocenters. The predicted octanol–water partition coefficient (Wildman–Crippen LogP) is 7.34. The number of methoxy groups -OCH3 is 1. The molecule has 416 valence electrons. The molecule has 1 aliphatic heterocycles. The Kier molecular flexibility index (Phi) is 20.7. The molecule has 7 rings (SSSR count). The molecule has 2 heterocycles. The molecule has 0 spiro atoms. The van der Waals surface area contributed by atoms with Crippen LogP contribution in [0, 0.1) is 5.92 Å². The normalized spacial score (nSPS) is 21.1. The number of halogens is 2. The molecule has 18 nitrogen and oxygen atoms in total. The number of carbonyl (C=O) groups is 6. The molecule has 6 amide bonds. The molecule has 4 N–H and O–H groups in total. The van der Waals surface area contributed by atoms with Gasteiger partial charge in [-0.25, -0.2) is 9.78 Å². The lowest BCUT2D eigenvalue weighted by atomic mass is 9.87. The number of carbonyl (C=O) groups excluding carboxylic acids is 5. The second kappa shape index (κ2) is 27.5. The minimum atomic E-state index is -1.44. The lowest BCUT2D eigenvalue weighted by Crippen LogP contribution is -2.59. The molecular formula is C58H71Cl2N9O9. The van der Waals surface area contributed by atoms with E-state index in [9.17, 15) is 19.5 Å². The second-order valence-electron chi connectivity index (χ2n) is 20.5. The van der Waals surface area contributed by atoms with Gasteiger partial charge in [0.05, 0.1) is 43.5 Å². The van der Waals surface area contributed by atoms with E-state index in [2.05, 4.69) is 20.9 Å². The van der Waals surface area contributed by atoms with E-state index in [0.29, 0.717) is 40.7 Å². The van der Waals surface area contributed by atoms with Gasteiger partial charge in [-0.05, 0) is 106 Å². The number of nitrogens with one attached hydrogen (secondary N) is 3. The Morgan fingerprint density at radius 3 is 2.21 bits per heavy atom. The molecule has 0 radical (unpaired) electrons. The van der Waals surface area contributed by atoms with Gasteiger partial charge >= 0.3 is 6.09 Å². The van der Waals surface area contributed by atoms with E-state index < -0.39 is 59.9 Å². The van der Waals surface area contributed by atoms with Crippen molar-refractivity contribution in [3.05, 3.63) is 136 Å². The van der Waals surface area contributed by atoms with Crippen molar-refractivity contribution in [1.82, 2.24) is 45.1 Å².